The van der Waals surface area contributed by atoms with E-state index in [1.807, 2.05) is 0 Å². The molecule has 0 saturated carbocycles. The number of unbranched alkanes of at least 4 members (excludes halogenated alkanes) is 2. The van der Waals surface area contributed by atoms with Crippen LogP contribution >= 0.6 is 0 Å². The van der Waals surface area contributed by atoms with E-state index >= 15 is 0 Å². The van der Waals surface area contributed by atoms with Gasteiger partial charge in [-0.1, -0.05) is 38.3 Å². The lowest BCUT2D eigenvalue weighted by molar-refractivity contribution is -0.145. The van der Waals surface area contributed by atoms with Crippen molar-refractivity contribution in [3.05, 3.63) is 35.4 Å². The fourth-order valence-electron chi connectivity index (χ4n) is 2.57. The molecule has 5 nitrogen and oxygen atoms in total. The van der Waals surface area contributed by atoms with Gasteiger partial charge in [0.1, 0.15) is 6.04 Å². The van der Waals surface area contributed by atoms with Crippen LogP contribution in [-0.4, -0.2) is 35.8 Å². The number of hydrogen-bond acceptors (Lipinski definition) is 4. The predicted molar refractivity (Wildman–Crippen MR) is 76.9 cm³/mol. The van der Waals surface area contributed by atoms with E-state index in [2.05, 4.69) is 6.92 Å². The SMILES string of the molecule is CCCCCC(C(=O)OC)N1C(=O)c2ccccc2C1=O. The predicted octanol–water partition coefficient (Wildman–Crippen LogP) is 2.40. The van der Waals surface area contributed by atoms with E-state index in [9.17, 15) is 14.4 Å². The van der Waals surface area contributed by atoms with E-state index in [4.69, 9.17) is 4.74 Å². The molecule has 2 amide bonds. The smallest absolute Gasteiger partial charge is 0.329 e. The number of imide groups is 1. The summed E-state index contributed by atoms with van der Waals surface area (Å²) >= 11 is 0. The van der Waals surface area contributed by atoms with Gasteiger partial charge in [-0.25, -0.2) is 4.79 Å². The van der Waals surface area contributed by atoms with Gasteiger partial charge in [0.05, 0.1) is 18.2 Å². The van der Waals surface area contributed by atoms with E-state index in [-0.39, 0.29) is 0 Å². The number of methoxy groups -OCH3 is 1. The van der Waals surface area contributed by atoms with Gasteiger partial charge in [0, 0.05) is 0 Å². The Kier molecular flexibility index (Phi) is 4.73. The topological polar surface area (TPSA) is 63.7 Å². The van der Waals surface area contributed by atoms with Crippen molar-refractivity contribution in [3.63, 3.8) is 0 Å². The summed E-state index contributed by atoms with van der Waals surface area (Å²) in [5.74, 6) is -1.37. The second kappa shape index (κ2) is 6.52. The van der Waals surface area contributed by atoms with Crippen LogP contribution in [0.2, 0.25) is 0 Å². The molecule has 0 bridgehead atoms. The molecule has 1 aromatic rings. The lowest BCUT2D eigenvalue weighted by Gasteiger charge is -2.23. The van der Waals surface area contributed by atoms with Gasteiger partial charge in [-0.05, 0) is 18.6 Å². The third-order valence-electron chi connectivity index (χ3n) is 3.69. The van der Waals surface area contributed by atoms with Gasteiger partial charge >= 0.3 is 5.97 Å². The summed E-state index contributed by atoms with van der Waals surface area (Å²) in [6.45, 7) is 2.05. The molecule has 112 valence electrons. The molecule has 0 radical (unpaired) electrons. The first-order chi connectivity index (χ1) is 10.1. The molecule has 0 saturated heterocycles. The first-order valence-corrected chi connectivity index (χ1v) is 7.16. The maximum Gasteiger partial charge on any atom is 0.329 e. The third-order valence-corrected chi connectivity index (χ3v) is 3.69. The molecule has 0 fully saturated rings. The average molecular weight is 289 g/mol. The number of carbonyl (C=O) groups excluding carboxylic acids is 3. The lowest BCUT2D eigenvalue weighted by Crippen LogP contribution is -2.45. The van der Waals surface area contributed by atoms with Crippen molar-refractivity contribution in [3.8, 4) is 0 Å². The van der Waals surface area contributed by atoms with Crippen LogP contribution in [0.25, 0.3) is 0 Å². The molecule has 0 N–H and O–H groups in total. The Morgan fingerprint density at radius 3 is 2.19 bits per heavy atom. The number of benzene rings is 1. The largest absolute Gasteiger partial charge is 0.467 e. The minimum Gasteiger partial charge on any atom is -0.467 e. The Morgan fingerprint density at radius 2 is 1.71 bits per heavy atom. The van der Waals surface area contributed by atoms with Gasteiger partial charge in [0.15, 0.2) is 0 Å². The van der Waals surface area contributed by atoms with Crippen molar-refractivity contribution < 1.29 is 19.1 Å². The number of rotatable bonds is 6. The highest BCUT2D eigenvalue weighted by Gasteiger charge is 2.42. The summed E-state index contributed by atoms with van der Waals surface area (Å²) in [6, 6.07) is 5.79. The van der Waals surface area contributed by atoms with Gasteiger partial charge < -0.3 is 4.74 Å². The summed E-state index contributed by atoms with van der Waals surface area (Å²) in [7, 11) is 1.27. The second-order valence-corrected chi connectivity index (χ2v) is 5.06. The highest BCUT2D eigenvalue weighted by molar-refractivity contribution is 6.22. The van der Waals surface area contributed by atoms with Crippen molar-refractivity contribution in [2.75, 3.05) is 7.11 Å². The number of carbonyl (C=O) groups is 3. The molecule has 2 rings (SSSR count). The van der Waals surface area contributed by atoms with Crippen LogP contribution < -0.4 is 0 Å². The molecular weight excluding hydrogens is 270 g/mol. The zero-order valence-electron chi connectivity index (χ0n) is 12.3. The van der Waals surface area contributed by atoms with E-state index < -0.39 is 23.8 Å². The van der Waals surface area contributed by atoms with Gasteiger partial charge in [-0.3, -0.25) is 14.5 Å². The molecule has 1 aromatic carbocycles. The minimum absolute atomic E-state index is 0.354. The summed E-state index contributed by atoms with van der Waals surface area (Å²) in [5.41, 5.74) is 0.707. The van der Waals surface area contributed by atoms with Crippen LogP contribution in [0.5, 0.6) is 0 Å². The van der Waals surface area contributed by atoms with E-state index in [0.29, 0.717) is 17.5 Å². The molecule has 1 aliphatic heterocycles. The fourth-order valence-corrected chi connectivity index (χ4v) is 2.57. The molecule has 0 aliphatic carbocycles. The first kappa shape index (κ1) is 15.2. The molecule has 1 atom stereocenters. The molecule has 1 aliphatic rings. The van der Waals surface area contributed by atoms with Crippen molar-refractivity contribution in [2.24, 2.45) is 0 Å². The van der Waals surface area contributed by atoms with Gasteiger partial charge in [-0.15, -0.1) is 0 Å². The van der Waals surface area contributed by atoms with Crippen LogP contribution in [0.4, 0.5) is 0 Å². The molecule has 21 heavy (non-hydrogen) atoms. The Balaban J connectivity index is 2.27. The molecule has 1 unspecified atom stereocenters. The number of fused-ring (bicyclic) bond motifs is 1. The minimum atomic E-state index is -0.839. The van der Waals surface area contributed by atoms with E-state index in [1.54, 1.807) is 24.3 Å². The van der Waals surface area contributed by atoms with Crippen LogP contribution in [0.3, 0.4) is 0 Å². The summed E-state index contributed by atoms with van der Waals surface area (Å²) in [5, 5.41) is 0. The van der Waals surface area contributed by atoms with Crippen LogP contribution in [0, 0.1) is 0 Å². The summed E-state index contributed by atoms with van der Waals surface area (Å²) < 4.78 is 4.77. The van der Waals surface area contributed by atoms with Crippen LogP contribution in [0.1, 0.15) is 53.3 Å². The number of nitrogens with zero attached hydrogens (tertiary/aromatic N) is 1. The van der Waals surface area contributed by atoms with E-state index in [0.717, 1.165) is 24.2 Å². The first-order valence-electron chi connectivity index (χ1n) is 7.16. The van der Waals surface area contributed by atoms with Crippen molar-refractivity contribution in [2.45, 2.75) is 38.6 Å². The van der Waals surface area contributed by atoms with Crippen molar-refractivity contribution in [1.82, 2.24) is 4.90 Å². The number of ether oxygens (including phenoxy) is 1. The quantitative estimate of drug-likeness (QED) is 0.458. The summed E-state index contributed by atoms with van der Waals surface area (Å²) in [6.07, 6.45) is 3.14. The molecule has 0 aromatic heterocycles. The molecule has 0 spiro atoms. The molecular formula is C16H19NO4. The van der Waals surface area contributed by atoms with Crippen LogP contribution in [0.15, 0.2) is 24.3 Å². The maximum atomic E-state index is 12.4. The zero-order chi connectivity index (χ0) is 15.4. The maximum absolute atomic E-state index is 12.4. The summed E-state index contributed by atoms with van der Waals surface area (Å²) in [4.78, 5) is 37.8. The van der Waals surface area contributed by atoms with Crippen molar-refractivity contribution >= 4 is 17.8 Å². The standard InChI is InChI=1S/C16H19NO4/c1-3-4-5-10-13(16(20)21-2)17-14(18)11-8-6-7-9-12(11)15(17)19/h6-9,13H,3-5,10H2,1-2H3. The monoisotopic (exact) mass is 289 g/mol. The Morgan fingerprint density at radius 1 is 1.14 bits per heavy atom. The molecule has 5 heteroatoms. The Hall–Kier alpha value is -2.17. The average Bonchev–Trinajstić information content (AvgIpc) is 2.76. The fraction of sp³-hybridized carbons (Fsp3) is 0.438. The van der Waals surface area contributed by atoms with E-state index in [1.165, 1.54) is 7.11 Å². The van der Waals surface area contributed by atoms with Crippen molar-refractivity contribution in [1.29, 1.82) is 0 Å². The number of amides is 2. The van der Waals surface area contributed by atoms with Gasteiger partial charge in [-0.2, -0.15) is 0 Å². The lowest BCUT2D eigenvalue weighted by atomic mass is 10.1. The highest BCUT2D eigenvalue weighted by Crippen LogP contribution is 2.26. The zero-order valence-corrected chi connectivity index (χ0v) is 12.3. The molecule has 1 heterocycles. The Bertz CT molecular complexity index is 532. The number of hydrogen-bond donors (Lipinski definition) is 0. The van der Waals surface area contributed by atoms with Gasteiger partial charge in [0.25, 0.3) is 11.8 Å². The number of esters is 1. The third kappa shape index (κ3) is 2.82. The van der Waals surface area contributed by atoms with Gasteiger partial charge in [0.2, 0.25) is 0 Å². The highest BCUT2D eigenvalue weighted by atomic mass is 16.5. The second-order valence-electron chi connectivity index (χ2n) is 5.06. The normalized spacial score (nSPS) is 15.0. The Labute approximate surface area is 123 Å². The van der Waals surface area contributed by atoms with Crippen LogP contribution in [-0.2, 0) is 9.53 Å².